The molecule has 0 saturated carbocycles. The molecule has 2 rings (SSSR count). The van der Waals surface area contributed by atoms with Crippen LogP contribution in [0.5, 0.6) is 5.75 Å². The summed E-state index contributed by atoms with van der Waals surface area (Å²) in [6.07, 6.45) is 3.14. The van der Waals surface area contributed by atoms with E-state index in [2.05, 4.69) is 26.2 Å². The highest BCUT2D eigenvalue weighted by Gasteiger charge is 2.10. The Bertz CT molecular complexity index is 614. The van der Waals surface area contributed by atoms with Gasteiger partial charge in [0.15, 0.2) is 0 Å². The van der Waals surface area contributed by atoms with Crippen LogP contribution in [0.4, 0.5) is 5.69 Å². The number of halogens is 1. The van der Waals surface area contributed by atoms with Crippen LogP contribution in [-0.2, 0) is 0 Å². The van der Waals surface area contributed by atoms with E-state index in [1.807, 2.05) is 25.1 Å². The highest BCUT2D eigenvalue weighted by atomic mass is 79.9. The third-order valence-electron chi connectivity index (χ3n) is 2.57. The van der Waals surface area contributed by atoms with Crippen LogP contribution < -0.4 is 10.1 Å². The summed E-state index contributed by atoms with van der Waals surface area (Å²) in [7, 11) is 1.57. The van der Waals surface area contributed by atoms with E-state index in [0.29, 0.717) is 17.0 Å². The Balaban J connectivity index is 2.24. The number of carbonyl (C=O) groups is 1. The Kier molecular flexibility index (Phi) is 4.16. The summed E-state index contributed by atoms with van der Waals surface area (Å²) in [5.41, 5.74) is 2.19. The number of rotatable bonds is 3. The summed E-state index contributed by atoms with van der Waals surface area (Å²) in [5, 5.41) is 2.81. The smallest absolute Gasteiger partial charge is 0.257 e. The second-order valence-electron chi connectivity index (χ2n) is 4.05. The normalized spacial score (nSPS) is 10.1. The van der Waals surface area contributed by atoms with Crippen molar-refractivity contribution in [1.29, 1.82) is 0 Å². The number of nitrogens with one attached hydrogen (secondary N) is 1. The SMILES string of the molecule is COc1cc(C)ccc1NC(=O)c1cncc(Br)c1. The van der Waals surface area contributed by atoms with Crippen molar-refractivity contribution >= 4 is 27.5 Å². The van der Waals surface area contributed by atoms with E-state index >= 15 is 0 Å². The topological polar surface area (TPSA) is 51.2 Å². The zero-order valence-corrected chi connectivity index (χ0v) is 12.2. The highest BCUT2D eigenvalue weighted by Crippen LogP contribution is 2.25. The lowest BCUT2D eigenvalue weighted by Crippen LogP contribution is -2.13. The maximum Gasteiger partial charge on any atom is 0.257 e. The number of carbonyl (C=O) groups excluding carboxylic acids is 1. The molecule has 0 fully saturated rings. The fourth-order valence-electron chi connectivity index (χ4n) is 1.63. The molecule has 0 atom stereocenters. The summed E-state index contributed by atoms with van der Waals surface area (Å²) in [4.78, 5) is 16.1. The van der Waals surface area contributed by atoms with E-state index in [9.17, 15) is 4.79 Å². The van der Waals surface area contributed by atoms with Gasteiger partial charge in [-0.1, -0.05) is 6.07 Å². The lowest BCUT2D eigenvalue weighted by Gasteiger charge is -2.10. The van der Waals surface area contributed by atoms with Gasteiger partial charge in [0, 0.05) is 16.9 Å². The third kappa shape index (κ3) is 3.32. The predicted molar refractivity (Wildman–Crippen MR) is 77.6 cm³/mol. The number of anilines is 1. The van der Waals surface area contributed by atoms with Crippen molar-refractivity contribution in [3.63, 3.8) is 0 Å². The minimum absolute atomic E-state index is 0.226. The van der Waals surface area contributed by atoms with Gasteiger partial charge in [0.05, 0.1) is 18.4 Å². The van der Waals surface area contributed by atoms with Gasteiger partial charge >= 0.3 is 0 Å². The van der Waals surface area contributed by atoms with Gasteiger partial charge < -0.3 is 10.1 Å². The number of hydrogen-bond donors (Lipinski definition) is 1. The molecule has 0 unspecified atom stereocenters. The van der Waals surface area contributed by atoms with Gasteiger partial charge in [-0.15, -0.1) is 0 Å². The number of pyridine rings is 1. The Morgan fingerprint density at radius 2 is 2.11 bits per heavy atom. The molecule has 1 aromatic heterocycles. The molecule has 0 aliphatic carbocycles. The van der Waals surface area contributed by atoms with Crippen molar-refractivity contribution in [3.8, 4) is 5.75 Å². The quantitative estimate of drug-likeness (QED) is 0.942. The number of aromatic nitrogens is 1. The van der Waals surface area contributed by atoms with Crippen molar-refractivity contribution in [2.75, 3.05) is 12.4 Å². The minimum atomic E-state index is -0.226. The van der Waals surface area contributed by atoms with Crippen molar-refractivity contribution in [1.82, 2.24) is 4.98 Å². The zero-order chi connectivity index (χ0) is 13.8. The molecule has 0 radical (unpaired) electrons. The third-order valence-corrected chi connectivity index (χ3v) is 3.01. The Morgan fingerprint density at radius 1 is 1.32 bits per heavy atom. The molecule has 1 heterocycles. The lowest BCUT2D eigenvalue weighted by molar-refractivity contribution is 0.102. The summed E-state index contributed by atoms with van der Waals surface area (Å²) >= 11 is 3.29. The van der Waals surface area contributed by atoms with Gasteiger partial charge in [-0.3, -0.25) is 9.78 Å². The second kappa shape index (κ2) is 5.84. The molecule has 1 amide bonds. The number of amides is 1. The molecule has 1 N–H and O–H groups in total. The summed E-state index contributed by atoms with van der Waals surface area (Å²) in [6, 6.07) is 7.31. The van der Waals surface area contributed by atoms with Crippen LogP contribution in [0.1, 0.15) is 15.9 Å². The summed E-state index contributed by atoms with van der Waals surface area (Å²) in [6.45, 7) is 1.96. The molecule has 0 aliphatic rings. The fraction of sp³-hybridized carbons (Fsp3) is 0.143. The number of nitrogens with zero attached hydrogens (tertiary/aromatic N) is 1. The van der Waals surface area contributed by atoms with Crippen molar-refractivity contribution in [3.05, 3.63) is 52.3 Å². The molecule has 0 aliphatic heterocycles. The molecule has 5 heteroatoms. The minimum Gasteiger partial charge on any atom is -0.495 e. The van der Waals surface area contributed by atoms with Crippen LogP contribution in [0.2, 0.25) is 0 Å². The molecular weight excluding hydrogens is 308 g/mol. The van der Waals surface area contributed by atoms with Crippen LogP contribution in [0.25, 0.3) is 0 Å². The molecule has 0 saturated heterocycles. The molecule has 0 spiro atoms. The van der Waals surface area contributed by atoms with Crippen molar-refractivity contribution in [2.45, 2.75) is 6.92 Å². The first-order chi connectivity index (χ1) is 9.10. The summed E-state index contributed by atoms with van der Waals surface area (Å²) < 4.78 is 6.01. The van der Waals surface area contributed by atoms with E-state index in [4.69, 9.17) is 4.74 Å². The van der Waals surface area contributed by atoms with E-state index < -0.39 is 0 Å². The Hall–Kier alpha value is -1.88. The lowest BCUT2D eigenvalue weighted by atomic mass is 10.2. The Labute approximate surface area is 119 Å². The highest BCUT2D eigenvalue weighted by molar-refractivity contribution is 9.10. The predicted octanol–water partition coefficient (Wildman–Crippen LogP) is 3.41. The van der Waals surface area contributed by atoms with E-state index in [1.54, 1.807) is 19.4 Å². The average Bonchev–Trinajstić information content (AvgIpc) is 2.40. The van der Waals surface area contributed by atoms with E-state index in [-0.39, 0.29) is 5.91 Å². The van der Waals surface area contributed by atoms with Crippen LogP contribution in [-0.4, -0.2) is 18.0 Å². The standard InChI is InChI=1S/C14H13BrN2O2/c1-9-3-4-12(13(5-9)19-2)17-14(18)10-6-11(15)8-16-7-10/h3-8H,1-2H3,(H,17,18). The Morgan fingerprint density at radius 3 is 2.79 bits per heavy atom. The van der Waals surface area contributed by atoms with Gasteiger partial charge in [-0.2, -0.15) is 0 Å². The number of hydrogen-bond acceptors (Lipinski definition) is 3. The summed E-state index contributed by atoms with van der Waals surface area (Å²) in [5.74, 6) is 0.409. The number of aryl methyl sites for hydroxylation is 1. The largest absolute Gasteiger partial charge is 0.495 e. The van der Waals surface area contributed by atoms with Crippen LogP contribution in [0.3, 0.4) is 0 Å². The molecule has 98 valence electrons. The van der Waals surface area contributed by atoms with Crippen LogP contribution in [0.15, 0.2) is 41.1 Å². The monoisotopic (exact) mass is 320 g/mol. The van der Waals surface area contributed by atoms with Crippen molar-refractivity contribution < 1.29 is 9.53 Å². The maximum absolute atomic E-state index is 12.1. The first-order valence-electron chi connectivity index (χ1n) is 5.66. The van der Waals surface area contributed by atoms with Crippen LogP contribution >= 0.6 is 15.9 Å². The first kappa shape index (κ1) is 13.5. The molecular formula is C14H13BrN2O2. The number of methoxy groups -OCH3 is 1. The molecule has 4 nitrogen and oxygen atoms in total. The van der Waals surface area contributed by atoms with Gasteiger partial charge in [0.2, 0.25) is 0 Å². The van der Waals surface area contributed by atoms with Gasteiger partial charge in [-0.05, 0) is 46.6 Å². The average molecular weight is 321 g/mol. The van der Waals surface area contributed by atoms with Gasteiger partial charge in [0.1, 0.15) is 5.75 Å². The molecule has 19 heavy (non-hydrogen) atoms. The van der Waals surface area contributed by atoms with Crippen LogP contribution in [0, 0.1) is 6.92 Å². The number of benzene rings is 1. The second-order valence-corrected chi connectivity index (χ2v) is 4.97. The van der Waals surface area contributed by atoms with Gasteiger partial charge in [0.25, 0.3) is 5.91 Å². The number of ether oxygens (including phenoxy) is 1. The maximum atomic E-state index is 12.1. The van der Waals surface area contributed by atoms with Gasteiger partial charge in [-0.25, -0.2) is 0 Å². The van der Waals surface area contributed by atoms with E-state index in [0.717, 1.165) is 10.0 Å². The zero-order valence-electron chi connectivity index (χ0n) is 10.6. The first-order valence-corrected chi connectivity index (χ1v) is 6.46. The molecule has 2 aromatic rings. The van der Waals surface area contributed by atoms with E-state index in [1.165, 1.54) is 6.20 Å². The molecule has 1 aromatic carbocycles. The van der Waals surface area contributed by atoms with Crippen molar-refractivity contribution in [2.24, 2.45) is 0 Å². The molecule has 0 bridgehead atoms. The fourth-order valence-corrected chi connectivity index (χ4v) is 2.00.